The third-order valence-electron chi connectivity index (χ3n) is 5.14. The van der Waals surface area contributed by atoms with Crippen molar-refractivity contribution in [3.05, 3.63) is 0 Å². The Labute approximate surface area is 140 Å². The highest BCUT2D eigenvalue weighted by atomic mass is 16.3. The van der Waals surface area contributed by atoms with Gasteiger partial charge in [-0.3, -0.25) is 9.59 Å². The van der Waals surface area contributed by atoms with E-state index in [9.17, 15) is 19.8 Å². The Morgan fingerprint density at radius 2 is 1.04 bits per heavy atom. The highest BCUT2D eigenvalue weighted by Crippen LogP contribution is 2.20. The molecule has 2 atom stereocenters. The van der Waals surface area contributed by atoms with Gasteiger partial charge in [0.15, 0.2) is 0 Å². The summed E-state index contributed by atoms with van der Waals surface area (Å²) in [6.07, 6.45) is 1.77. The topological polar surface area (TPSA) is 98.7 Å². The predicted molar refractivity (Wildman–Crippen MR) is 90.9 cm³/mol. The van der Waals surface area contributed by atoms with Gasteiger partial charge in [0.25, 0.3) is 0 Å². The molecule has 0 heterocycles. The second-order valence-corrected chi connectivity index (χ2v) is 6.38. The van der Waals surface area contributed by atoms with Crippen molar-refractivity contribution < 1.29 is 19.8 Å². The Morgan fingerprint density at radius 3 is 1.26 bits per heavy atom. The monoisotopic (exact) mass is 330 g/mol. The molecule has 0 rings (SSSR count). The molecule has 0 aliphatic rings. The molecule has 4 N–H and O–H groups in total. The van der Waals surface area contributed by atoms with E-state index >= 15 is 0 Å². The lowest BCUT2D eigenvalue weighted by Gasteiger charge is -2.33. The van der Waals surface area contributed by atoms with Crippen LogP contribution in [0.4, 0.5) is 0 Å². The molecule has 136 valence electrons. The molecule has 0 spiro atoms. The Bertz CT molecular complexity index is 354. The number of aliphatic hydroxyl groups is 2. The molecule has 0 aromatic rings. The lowest BCUT2D eigenvalue weighted by atomic mass is 9.89. The zero-order chi connectivity index (χ0) is 18.3. The summed E-state index contributed by atoms with van der Waals surface area (Å²) in [5, 5.41) is 26.1. The van der Waals surface area contributed by atoms with E-state index in [2.05, 4.69) is 10.6 Å². The lowest BCUT2D eigenvalue weighted by molar-refractivity contribution is -0.132. The number of nitrogens with one attached hydrogen (secondary N) is 2. The molecule has 2 unspecified atom stereocenters. The molecule has 0 radical (unpaired) electrons. The van der Waals surface area contributed by atoms with Crippen LogP contribution in [0.25, 0.3) is 0 Å². The van der Waals surface area contributed by atoms with Gasteiger partial charge in [-0.2, -0.15) is 0 Å². The van der Waals surface area contributed by atoms with Crippen LogP contribution in [0.15, 0.2) is 0 Å². The number of hydrogen-bond donors (Lipinski definition) is 4. The van der Waals surface area contributed by atoms with E-state index in [-0.39, 0.29) is 6.42 Å². The molecular weight excluding hydrogens is 296 g/mol. The van der Waals surface area contributed by atoms with Crippen LogP contribution in [-0.2, 0) is 9.59 Å². The molecule has 0 fully saturated rings. The second-order valence-electron chi connectivity index (χ2n) is 6.38. The maximum Gasteiger partial charge on any atom is 0.229 e. The number of carbonyl (C=O) groups excluding carboxylic acids is 2. The van der Waals surface area contributed by atoms with Gasteiger partial charge in [-0.25, -0.2) is 0 Å². The minimum Gasteiger partial charge on any atom is -0.388 e. The van der Waals surface area contributed by atoms with Crippen LogP contribution < -0.4 is 10.6 Å². The zero-order valence-electron chi connectivity index (χ0n) is 15.4. The van der Waals surface area contributed by atoms with Crippen LogP contribution in [0.5, 0.6) is 0 Å². The molecule has 6 heteroatoms. The van der Waals surface area contributed by atoms with Crippen molar-refractivity contribution in [1.29, 1.82) is 0 Å². The van der Waals surface area contributed by atoms with E-state index in [0.29, 0.717) is 25.7 Å². The van der Waals surface area contributed by atoms with Gasteiger partial charge < -0.3 is 20.8 Å². The molecule has 23 heavy (non-hydrogen) atoms. The fourth-order valence-electron chi connectivity index (χ4n) is 2.72. The fraction of sp³-hybridized carbons (Fsp3) is 0.882. The first-order valence-electron chi connectivity index (χ1n) is 8.61. The van der Waals surface area contributed by atoms with Crippen LogP contribution in [0.1, 0.15) is 73.6 Å². The molecular formula is C17H34N2O4. The molecule has 0 saturated heterocycles. The molecule has 0 saturated carbocycles. The van der Waals surface area contributed by atoms with Crippen molar-refractivity contribution in [2.45, 2.75) is 96.9 Å². The largest absolute Gasteiger partial charge is 0.388 e. The molecule has 0 aromatic carbocycles. The highest BCUT2D eigenvalue weighted by Gasteiger charge is 2.33. The summed E-state index contributed by atoms with van der Waals surface area (Å²) in [7, 11) is 0. The Hall–Kier alpha value is -1.14. The summed E-state index contributed by atoms with van der Waals surface area (Å²) in [4.78, 5) is 23.9. The number of rotatable bonds is 10. The third kappa shape index (κ3) is 6.11. The third-order valence-corrected chi connectivity index (χ3v) is 5.14. The molecule has 6 nitrogen and oxygen atoms in total. The zero-order valence-corrected chi connectivity index (χ0v) is 15.4. The van der Waals surface area contributed by atoms with Crippen LogP contribution in [0, 0.1) is 0 Å². The quantitative estimate of drug-likeness (QED) is 0.456. The maximum atomic E-state index is 12.0. The standard InChI is InChI=1S/C17H34N2O4/c1-7-16(22,8-2)12(5)18-14(20)11-15(21)19-13(6)17(23,9-3)10-4/h12-13,22-23H,7-11H2,1-6H3,(H,18,20)(H,19,21). The van der Waals surface area contributed by atoms with E-state index in [0.717, 1.165) is 0 Å². The summed E-state index contributed by atoms with van der Waals surface area (Å²) < 4.78 is 0. The average Bonchev–Trinajstić information content (AvgIpc) is 2.52. The van der Waals surface area contributed by atoms with Gasteiger partial charge in [-0.1, -0.05) is 27.7 Å². The van der Waals surface area contributed by atoms with Gasteiger partial charge in [0.05, 0.1) is 23.3 Å². The van der Waals surface area contributed by atoms with Crippen LogP contribution in [0.2, 0.25) is 0 Å². The lowest BCUT2D eigenvalue weighted by Crippen LogP contribution is -2.53. The number of hydrogen-bond acceptors (Lipinski definition) is 4. The smallest absolute Gasteiger partial charge is 0.229 e. The summed E-state index contributed by atoms with van der Waals surface area (Å²) in [5.41, 5.74) is -1.94. The summed E-state index contributed by atoms with van der Waals surface area (Å²) in [6.45, 7) is 10.9. The molecule has 0 aliphatic heterocycles. The predicted octanol–water partition coefficient (Wildman–Crippen LogP) is 1.49. The Morgan fingerprint density at radius 1 is 0.783 bits per heavy atom. The van der Waals surface area contributed by atoms with E-state index in [1.54, 1.807) is 13.8 Å². The van der Waals surface area contributed by atoms with Gasteiger partial charge in [0.2, 0.25) is 11.8 Å². The van der Waals surface area contributed by atoms with Gasteiger partial charge in [0.1, 0.15) is 6.42 Å². The van der Waals surface area contributed by atoms with Gasteiger partial charge in [-0.05, 0) is 39.5 Å². The first-order chi connectivity index (χ1) is 10.6. The van der Waals surface area contributed by atoms with Crippen LogP contribution in [-0.4, -0.2) is 45.3 Å². The SMILES string of the molecule is CCC(O)(CC)C(C)NC(=O)CC(=O)NC(C)C(O)(CC)CC. The summed E-state index contributed by atoms with van der Waals surface area (Å²) in [6, 6.07) is -0.864. The first kappa shape index (κ1) is 21.9. The van der Waals surface area contributed by atoms with Crippen molar-refractivity contribution in [2.75, 3.05) is 0 Å². The summed E-state index contributed by atoms with van der Waals surface area (Å²) in [5.74, 6) is -0.863. The average molecular weight is 330 g/mol. The van der Waals surface area contributed by atoms with E-state index in [1.807, 2.05) is 27.7 Å². The Balaban J connectivity index is 4.55. The molecule has 0 bridgehead atoms. The molecule has 2 amide bonds. The minimum atomic E-state index is -0.968. The minimum absolute atomic E-state index is 0.318. The van der Waals surface area contributed by atoms with Crippen LogP contribution >= 0.6 is 0 Å². The van der Waals surface area contributed by atoms with Crippen molar-refractivity contribution in [1.82, 2.24) is 10.6 Å². The van der Waals surface area contributed by atoms with Crippen molar-refractivity contribution >= 4 is 11.8 Å². The van der Waals surface area contributed by atoms with Crippen molar-refractivity contribution in [2.24, 2.45) is 0 Å². The van der Waals surface area contributed by atoms with E-state index in [1.165, 1.54) is 0 Å². The van der Waals surface area contributed by atoms with Crippen molar-refractivity contribution in [3.63, 3.8) is 0 Å². The van der Waals surface area contributed by atoms with Crippen molar-refractivity contribution in [3.8, 4) is 0 Å². The summed E-state index contributed by atoms with van der Waals surface area (Å²) >= 11 is 0. The van der Waals surface area contributed by atoms with Gasteiger partial charge in [0, 0.05) is 0 Å². The van der Waals surface area contributed by atoms with Gasteiger partial charge in [-0.15, -0.1) is 0 Å². The second kappa shape index (κ2) is 9.23. The number of amides is 2. The fourth-order valence-corrected chi connectivity index (χ4v) is 2.72. The van der Waals surface area contributed by atoms with E-state index in [4.69, 9.17) is 0 Å². The Kier molecular flexibility index (Phi) is 8.77. The molecule has 0 aliphatic carbocycles. The maximum absolute atomic E-state index is 12.0. The first-order valence-corrected chi connectivity index (χ1v) is 8.61. The van der Waals surface area contributed by atoms with E-state index < -0.39 is 35.1 Å². The highest BCUT2D eigenvalue weighted by molar-refractivity contribution is 5.97. The molecule has 0 aromatic heterocycles. The van der Waals surface area contributed by atoms with Gasteiger partial charge >= 0.3 is 0 Å². The normalized spacial score (nSPS) is 15.0. The van der Waals surface area contributed by atoms with Crippen LogP contribution in [0.3, 0.4) is 0 Å². The number of carbonyl (C=O) groups is 2.